The van der Waals surface area contributed by atoms with Gasteiger partial charge in [0.2, 0.25) is 0 Å². The second kappa shape index (κ2) is 6.01. The molecule has 0 bridgehead atoms. The second-order valence-electron chi connectivity index (χ2n) is 6.06. The van der Waals surface area contributed by atoms with Crippen molar-refractivity contribution >= 4 is 21.8 Å². The van der Waals surface area contributed by atoms with Crippen molar-refractivity contribution in [2.75, 3.05) is 0 Å². The summed E-state index contributed by atoms with van der Waals surface area (Å²) >= 11 is 0. The van der Waals surface area contributed by atoms with E-state index in [9.17, 15) is 0 Å². The minimum absolute atomic E-state index is 0.860. The van der Waals surface area contributed by atoms with Crippen molar-refractivity contribution in [2.24, 2.45) is 0 Å². The Labute approximate surface area is 150 Å². The molecule has 0 N–H and O–H groups in total. The van der Waals surface area contributed by atoms with E-state index >= 15 is 0 Å². The fourth-order valence-corrected chi connectivity index (χ4v) is 3.06. The molecule has 4 nitrogen and oxygen atoms in total. The van der Waals surface area contributed by atoms with Crippen molar-refractivity contribution in [1.29, 1.82) is 0 Å². The lowest BCUT2D eigenvalue weighted by Gasteiger charge is -2.06. The van der Waals surface area contributed by atoms with Gasteiger partial charge in [-0.2, -0.15) is 0 Å². The van der Waals surface area contributed by atoms with Crippen LogP contribution in [0, 0.1) is 0 Å². The summed E-state index contributed by atoms with van der Waals surface area (Å²) in [4.78, 5) is 18.3. The van der Waals surface area contributed by atoms with E-state index in [1.54, 1.807) is 12.4 Å². The Balaban J connectivity index is 1.67. The van der Waals surface area contributed by atoms with Crippen LogP contribution in [0.15, 0.2) is 85.2 Å². The molecule has 0 saturated carbocycles. The molecule has 5 rings (SSSR count). The zero-order valence-electron chi connectivity index (χ0n) is 13.9. The highest BCUT2D eigenvalue weighted by molar-refractivity contribution is 5.96. The maximum Gasteiger partial charge on any atom is 0.0893 e. The molecule has 5 aromatic rings. The summed E-state index contributed by atoms with van der Waals surface area (Å²) in [5.74, 6) is 0. The number of fused-ring (bicyclic) bond motifs is 2. The molecule has 0 aliphatic rings. The van der Waals surface area contributed by atoms with Gasteiger partial charge in [0.05, 0.1) is 33.8 Å². The normalized spacial score (nSPS) is 11.1. The predicted molar refractivity (Wildman–Crippen MR) is 104 cm³/mol. The molecule has 0 saturated heterocycles. The monoisotopic (exact) mass is 334 g/mol. The molecule has 1 aromatic carbocycles. The van der Waals surface area contributed by atoms with Crippen LogP contribution in [-0.2, 0) is 0 Å². The van der Waals surface area contributed by atoms with Crippen molar-refractivity contribution in [3.63, 3.8) is 0 Å². The summed E-state index contributed by atoms with van der Waals surface area (Å²) in [6.45, 7) is 0. The summed E-state index contributed by atoms with van der Waals surface area (Å²) in [7, 11) is 0. The summed E-state index contributed by atoms with van der Waals surface area (Å²) in [5, 5.41) is 2.18. The van der Waals surface area contributed by atoms with E-state index in [4.69, 9.17) is 9.97 Å². The smallest absolute Gasteiger partial charge is 0.0893 e. The van der Waals surface area contributed by atoms with E-state index in [1.165, 1.54) is 0 Å². The molecule has 4 heteroatoms. The van der Waals surface area contributed by atoms with Crippen LogP contribution in [0.3, 0.4) is 0 Å². The highest BCUT2D eigenvalue weighted by Crippen LogP contribution is 2.25. The summed E-state index contributed by atoms with van der Waals surface area (Å²) in [5.41, 5.74) is 5.27. The average Bonchev–Trinajstić information content (AvgIpc) is 2.73. The topological polar surface area (TPSA) is 51.6 Å². The molecular formula is C22H14N4. The van der Waals surface area contributed by atoms with Crippen LogP contribution in [0.25, 0.3) is 44.6 Å². The van der Waals surface area contributed by atoms with E-state index in [2.05, 4.69) is 28.2 Å². The third-order valence-corrected chi connectivity index (χ3v) is 4.35. The largest absolute Gasteiger partial charge is 0.255 e. The van der Waals surface area contributed by atoms with E-state index in [-0.39, 0.29) is 0 Å². The maximum absolute atomic E-state index is 4.78. The van der Waals surface area contributed by atoms with Crippen LogP contribution in [0.4, 0.5) is 0 Å². The van der Waals surface area contributed by atoms with Gasteiger partial charge >= 0.3 is 0 Å². The van der Waals surface area contributed by atoms with Gasteiger partial charge in [-0.25, -0.2) is 9.97 Å². The number of pyridine rings is 4. The molecule has 0 spiro atoms. The number of rotatable bonds is 2. The fourth-order valence-electron chi connectivity index (χ4n) is 3.06. The first-order valence-corrected chi connectivity index (χ1v) is 8.41. The van der Waals surface area contributed by atoms with Crippen LogP contribution in [-0.4, -0.2) is 19.9 Å². The molecule has 0 amide bonds. The Morgan fingerprint density at radius 2 is 1.00 bits per heavy atom. The van der Waals surface area contributed by atoms with E-state index in [0.717, 1.165) is 44.6 Å². The highest BCUT2D eigenvalue weighted by atomic mass is 14.8. The Hall–Kier alpha value is -3.66. The molecule has 0 aliphatic heterocycles. The number of aromatic nitrogens is 4. The molecule has 26 heavy (non-hydrogen) atoms. The number of benzene rings is 1. The maximum atomic E-state index is 4.78. The molecule has 4 aromatic heterocycles. The molecule has 0 fully saturated rings. The van der Waals surface area contributed by atoms with Crippen molar-refractivity contribution < 1.29 is 0 Å². The van der Waals surface area contributed by atoms with Crippen LogP contribution in [0.5, 0.6) is 0 Å². The molecule has 0 atom stereocenters. The minimum Gasteiger partial charge on any atom is -0.255 e. The standard InChI is InChI=1S/C22H14N4/c1-3-11-23-17(5-1)19-9-7-15-13-16-8-10-20(18-6-2-4-12-24-18)26-22(16)14-21(15)25-19/h1-14H. The first kappa shape index (κ1) is 14.7. The summed E-state index contributed by atoms with van der Waals surface area (Å²) in [6, 6.07) is 24.0. The quantitative estimate of drug-likeness (QED) is 0.431. The fraction of sp³-hybridized carbons (Fsp3) is 0. The average molecular weight is 334 g/mol. The van der Waals surface area contributed by atoms with Crippen molar-refractivity contribution in [3.05, 3.63) is 85.2 Å². The van der Waals surface area contributed by atoms with E-state index < -0.39 is 0 Å². The Morgan fingerprint density at radius 3 is 1.46 bits per heavy atom. The Morgan fingerprint density at radius 1 is 0.462 bits per heavy atom. The minimum atomic E-state index is 0.860. The molecule has 0 aliphatic carbocycles. The van der Waals surface area contributed by atoms with Crippen molar-refractivity contribution in [3.8, 4) is 22.8 Å². The van der Waals surface area contributed by atoms with E-state index in [1.807, 2.05) is 54.6 Å². The zero-order valence-corrected chi connectivity index (χ0v) is 13.9. The van der Waals surface area contributed by atoms with Gasteiger partial charge in [0.25, 0.3) is 0 Å². The lowest BCUT2D eigenvalue weighted by atomic mass is 10.1. The number of hydrogen-bond donors (Lipinski definition) is 0. The number of nitrogens with zero attached hydrogens (tertiary/aromatic N) is 4. The van der Waals surface area contributed by atoms with Gasteiger partial charge in [0, 0.05) is 23.2 Å². The van der Waals surface area contributed by atoms with Gasteiger partial charge in [-0.15, -0.1) is 0 Å². The van der Waals surface area contributed by atoms with Crippen LogP contribution in [0.1, 0.15) is 0 Å². The van der Waals surface area contributed by atoms with Crippen LogP contribution in [0.2, 0.25) is 0 Å². The Kier molecular flexibility index (Phi) is 3.39. The third kappa shape index (κ3) is 2.58. The van der Waals surface area contributed by atoms with Gasteiger partial charge in [-0.05, 0) is 48.5 Å². The van der Waals surface area contributed by atoms with Crippen molar-refractivity contribution in [2.45, 2.75) is 0 Å². The first-order valence-electron chi connectivity index (χ1n) is 8.41. The molecule has 122 valence electrons. The van der Waals surface area contributed by atoms with Crippen molar-refractivity contribution in [1.82, 2.24) is 19.9 Å². The lowest BCUT2D eigenvalue weighted by molar-refractivity contribution is 1.27. The van der Waals surface area contributed by atoms with Gasteiger partial charge in [0.15, 0.2) is 0 Å². The number of hydrogen-bond acceptors (Lipinski definition) is 4. The first-order chi connectivity index (χ1) is 12.9. The zero-order chi connectivity index (χ0) is 17.3. The molecule has 0 unspecified atom stereocenters. The summed E-state index contributed by atoms with van der Waals surface area (Å²) in [6.07, 6.45) is 3.56. The summed E-state index contributed by atoms with van der Waals surface area (Å²) < 4.78 is 0. The van der Waals surface area contributed by atoms with Gasteiger partial charge < -0.3 is 0 Å². The third-order valence-electron chi connectivity index (χ3n) is 4.35. The van der Waals surface area contributed by atoms with Gasteiger partial charge in [0.1, 0.15) is 0 Å². The molecule has 4 heterocycles. The van der Waals surface area contributed by atoms with E-state index in [0.29, 0.717) is 0 Å². The van der Waals surface area contributed by atoms with Gasteiger partial charge in [-0.3, -0.25) is 9.97 Å². The van der Waals surface area contributed by atoms with Crippen LogP contribution >= 0.6 is 0 Å². The molecule has 0 radical (unpaired) electrons. The highest BCUT2D eigenvalue weighted by Gasteiger charge is 2.07. The lowest BCUT2D eigenvalue weighted by Crippen LogP contribution is -1.90. The van der Waals surface area contributed by atoms with Crippen LogP contribution < -0.4 is 0 Å². The van der Waals surface area contributed by atoms with Gasteiger partial charge in [-0.1, -0.05) is 24.3 Å². The predicted octanol–water partition coefficient (Wildman–Crippen LogP) is 4.91. The second-order valence-corrected chi connectivity index (χ2v) is 6.06. The Bertz CT molecular complexity index is 1120. The SMILES string of the molecule is c1ccc(-c2ccc3cc4ccc(-c5ccccn5)nc4cc3n2)nc1. The molecular weight excluding hydrogens is 320 g/mol.